The summed E-state index contributed by atoms with van der Waals surface area (Å²) in [5.41, 5.74) is 7.06. The lowest BCUT2D eigenvalue weighted by molar-refractivity contribution is 0.252. The number of thioether (sulfide) groups is 1. The number of hydrazine groups is 1. The van der Waals surface area contributed by atoms with Crippen molar-refractivity contribution >= 4 is 52.1 Å². The lowest BCUT2D eigenvalue weighted by atomic mass is 10.3. The summed E-state index contributed by atoms with van der Waals surface area (Å²) in [6.07, 6.45) is 0. The van der Waals surface area contributed by atoms with E-state index >= 15 is 0 Å². The first-order chi connectivity index (χ1) is 10.5. The van der Waals surface area contributed by atoms with Crippen molar-refractivity contribution in [3.8, 4) is 0 Å². The smallest absolute Gasteiger partial charge is 0.288 e. The molecule has 0 unspecified atom stereocenters. The number of thiocarbonyl (C=S) groups is 1. The van der Waals surface area contributed by atoms with Gasteiger partial charge in [0.1, 0.15) is 0 Å². The van der Waals surface area contributed by atoms with Crippen LogP contribution in [0.15, 0.2) is 53.4 Å². The lowest BCUT2D eigenvalue weighted by Gasteiger charge is -2.13. The Morgan fingerprint density at radius 1 is 1.09 bits per heavy atom. The Kier molecular flexibility index (Phi) is 6.23. The molecule has 3 N–H and O–H groups in total. The average Bonchev–Trinajstić information content (AvgIpc) is 2.48. The van der Waals surface area contributed by atoms with E-state index in [4.69, 9.17) is 23.8 Å². The summed E-state index contributed by atoms with van der Waals surface area (Å²) in [4.78, 5) is 0.494. The molecular formula is C14H12ClF2N3S2. The van der Waals surface area contributed by atoms with Crippen molar-refractivity contribution in [3.63, 3.8) is 0 Å². The average molecular weight is 360 g/mol. The Hall–Kier alpha value is -1.57. The van der Waals surface area contributed by atoms with Crippen LogP contribution in [0.1, 0.15) is 0 Å². The van der Waals surface area contributed by atoms with Gasteiger partial charge in [-0.25, -0.2) is 0 Å². The fourth-order valence-electron chi connectivity index (χ4n) is 1.57. The van der Waals surface area contributed by atoms with Crippen LogP contribution in [0.3, 0.4) is 0 Å². The molecule has 0 aliphatic rings. The highest BCUT2D eigenvalue weighted by molar-refractivity contribution is 7.99. The van der Waals surface area contributed by atoms with E-state index in [1.54, 1.807) is 36.4 Å². The van der Waals surface area contributed by atoms with Gasteiger partial charge in [0.25, 0.3) is 5.76 Å². The first-order valence-electron chi connectivity index (χ1n) is 6.17. The van der Waals surface area contributed by atoms with Crippen molar-refractivity contribution in [1.29, 1.82) is 0 Å². The molecule has 2 aromatic carbocycles. The van der Waals surface area contributed by atoms with Crippen molar-refractivity contribution in [1.82, 2.24) is 5.43 Å². The minimum Gasteiger partial charge on any atom is -0.331 e. The number of rotatable bonds is 5. The first kappa shape index (κ1) is 16.8. The highest BCUT2D eigenvalue weighted by atomic mass is 35.5. The Labute approximate surface area is 141 Å². The van der Waals surface area contributed by atoms with Crippen molar-refractivity contribution < 1.29 is 8.78 Å². The molecule has 0 saturated carbocycles. The van der Waals surface area contributed by atoms with E-state index in [0.29, 0.717) is 38.2 Å². The molecule has 0 aliphatic heterocycles. The maximum absolute atomic E-state index is 12.2. The highest BCUT2D eigenvalue weighted by Gasteiger charge is 2.05. The second kappa shape index (κ2) is 8.17. The third-order valence-corrected chi connectivity index (χ3v) is 3.78. The summed E-state index contributed by atoms with van der Waals surface area (Å²) in [7, 11) is 0. The SMILES string of the molecule is FC(F)Sc1ccc(NC(=S)NNc2ccccc2Cl)cc1. The summed E-state index contributed by atoms with van der Waals surface area (Å²) < 4.78 is 24.4. The van der Waals surface area contributed by atoms with Gasteiger partial charge in [-0.15, -0.1) is 0 Å². The number of hydrogen-bond donors (Lipinski definition) is 3. The fraction of sp³-hybridized carbons (Fsp3) is 0.0714. The molecule has 0 radical (unpaired) electrons. The van der Waals surface area contributed by atoms with Gasteiger partial charge in [-0.2, -0.15) is 8.78 Å². The normalized spacial score (nSPS) is 10.4. The van der Waals surface area contributed by atoms with Gasteiger partial charge >= 0.3 is 0 Å². The molecule has 0 saturated heterocycles. The van der Waals surface area contributed by atoms with Crippen LogP contribution in [0.2, 0.25) is 5.02 Å². The lowest BCUT2D eigenvalue weighted by Crippen LogP contribution is -2.33. The Morgan fingerprint density at radius 3 is 2.41 bits per heavy atom. The second-order valence-electron chi connectivity index (χ2n) is 4.09. The van der Waals surface area contributed by atoms with Gasteiger partial charge in [-0.3, -0.25) is 10.9 Å². The van der Waals surface area contributed by atoms with E-state index in [9.17, 15) is 8.78 Å². The van der Waals surface area contributed by atoms with Crippen molar-refractivity contribution in [2.24, 2.45) is 0 Å². The molecule has 0 aromatic heterocycles. The molecule has 116 valence electrons. The summed E-state index contributed by atoms with van der Waals surface area (Å²) in [6, 6.07) is 13.8. The zero-order valence-corrected chi connectivity index (χ0v) is 13.5. The van der Waals surface area contributed by atoms with Crippen LogP contribution in [0.25, 0.3) is 0 Å². The number of para-hydroxylation sites is 1. The van der Waals surface area contributed by atoms with Crippen LogP contribution in [-0.4, -0.2) is 10.9 Å². The maximum Gasteiger partial charge on any atom is 0.288 e. The van der Waals surface area contributed by atoms with Gasteiger partial charge in [0.2, 0.25) is 0 Å². The number of benzene rings is 2. The third-order valence-electron chi connectivity index (χ3n) is 2.52. The number of anilines is 2. The number of halogens is 3. The number of alkyl halides is 2. The van der Waals surface area contributed by atoms with Crippen LogP contribution in [0.4, 0.5) is 20.2 Å². The van der Waals surface area contributed by atoms with Gasteiger partial charge < -0.3 is 5.32 Å². The Balaban J connectivity index is 1.85. The predicted molar refractivity (Wildman–Crippen MR) is 92.7 cm³/mol. The summed E-state index contributed by atoms with van der Waals surface area (Å²) in [5.74, 6) is -2.43. The minimum absolute atomic E-state index is 0.328. The fourth-order valence-corrected chi connectivity index (χ4v) is 2.42. The van der Waals surface area contributed by atoms with Crippen LogP contribution in [0.5, 0.6) is 0 Å². The molecule has 2 rings (SSSR count). The van der Waals surface area contributed by atoms with E-state index in [2.05, 4.69) is 16.2 Å². The summed E-state index contributed by atoms with van der Waals surface area (Å²) >= 11 is 11.6. The van der Waals surface area contributed by atoms with E-state index in [-0.39, 0.29) is 0 Å². The van der Waals surface area contributed by atoms with E-state index in [0.717, 1.165) is 0 Å². The van der Waals surface area contributed by atoms with Crippen LogP contribution < -0.4 is 16.2 Å². The molecule has 0 aliphatic carbocycles. The molecule has 0 fully saturated rings. The first-order valence-corrected chi connectivity index (χ1v) is 7.83. The Bertz CT molecular complexity index is 638. The zero-order chi connectivity index (χ0) is 15.9. The quantitative estimate of drug-likeness (QED) is 0.399. The molecule has 0 spiro atoms. The van der Waals surface area contributed by atoms with Gasteiger partial charge in [0, 0.05) is 10.6 Å². The predicted octanol–water partition coefficient (Wildman–Crippen LogP) is 4.97. The van der Waals surface area contributed by atoms with Gasteiger partial charge in [0.15, 0.2) is 5.11 Å². The van der Waals surface area contributed by atoms with Gasteiger partial charge in [0.05, 0.1) is 10.7 Å². The molecule has 8 heteroatoms. The molecule has 2 aromatic rings. The maximum atomic E-state index is 12.2. The monoisotopic (exact) mass is 359 g/mol. The third kappa shape index (κ3) is 5.32. The van der Waals surface area contributed by atoms with Crippen molar-refractivity contribution in [2.45, 2.75) is 10.7 Å². The van der Waals surface area contributed by atoms with E-state index < -0.39 is 5.76 Å². The largest absolute Gasteiger partial charge is 0.331 e. The van der Waals surface area contributed by atoms with Crippen molar-refractivity contribution in [2.75, 3.05) is 10.7 Å². The van der Waals surface area contributed by atoms with E-state index in [1.807, 2.05) is 12.1 Å². The molecule has 0 bridgehead atoms. The number of hydrogen-bond acceptors (Lipinski definition) is 3. The van der Waals surface area contributed by atoms with Gasteiger partial charge in [-0.05, 0) is 48.6 Å². The number of nitrogens with one attached hydrogen (secondary N) is 3. The zero-order valence-electron chi connectivity index (χ0n) is 11.1. The summed E-state index contributed by atoms with van der Waals surface area (Å²) in [5, 5.41) is 3.82. The molecule has 22 heavy (non-hydrogen) atoms. The Morgan fingerprint density at radius 2 is 1.77 bits per heavy atom. The highest BCUT2D eigenvalue weighted by Crippen LogP contribution is 2.26. The molecular weight excluding hydrogens is 348 g/mol. The van der Waals surface area contributed by atoms with Gasteiger partial charge in [-0.1, -0.05) is 35.5 Å². The van der Waals surface area contributed by atoms with Crippen LogP contribution in [-0.2, 0) is 0 Å². The van der Waals surface area contributed by atoms with Crippen LogP contribution in [0, 0.1) is 0 Å². The van der Waals surface area contributed by atoms with Crippen molar-refractivity contribution in [3.05, 3.63) is 53.6 Å². The molecule has 3 nitrogen and oxygen atoms in total. The standard InChI is InChI=1S/C14H12ClF2N3S2/c15-11-3-1-2-4-12(11)19-20-14(21)18-9-5-7-10(8-6-9)22-13(16)17/h1-8,13,19H,(H2,18,20,21). The molecule has 0 amide bonds. The summed E-state index contributed by atoms with van der Waals surface area (Å²) in [6.45, 7) is 0. The molecule has 0 atom stereocenters. The molecule has 0 heterocycles. The topological polar surface area (TPSA) is 36.1 Å². The van der Waals surface area contributed by atoms with E-state index in [1.165, 1.54) is 0 Å². The minimum atomic E-state index is -2.43. The van der Waals surface area contributed by atoms with Crippen LogP contribution >= 0.6 is 35.6 Å². The second-order valence-corrected chi connectivity index (χ2v) is 5.97.